The first kappa shape index (κ1) is 11.3. The highest BCUT2D eigenvalue weighted by Crippen LogP contribution is 2.33. The molecule has 0 heterocycles. The van der Waals surface area contributed by atoms with Gasteiger partial charge in [-0.2, -0.15) is 0 Å². The van der Waals surface area contributed by atoms with Crippen LogP contribution < -0.4 is 0 Å². The molecule has 0 radical (unpaired) electrons. The molecule has 0 unspecified atom stereocenters. The van der Waals surface area contributed by atoms with E-state index in [0.29, 0.717) is 6.04 Å². The third-order valence-electron chi connectivity index (χ3n) is 2.15. The van der Waals surface area contributed by atoms with Gasteiger partial charge >= 0.3 is 6.09 Å². The second-order valence-corrected chi connectivity index (χ2v) is 4.61. The lowest BCUT2D eigenvalue weighted by Crippen LogP contribution is -2.47. The Balaban J connectivity index is 2.54. The smallest absolute Gasteiger partial charge is 0.410 e. The summed E-state index contributed by atoms with van der Waals surface area (Å²) in [4.78, 5) is 13.4. The molecule has 4 nitrogen and oxygen atoms in total. The van der Waals surface area contributed by atoms with Crippen LogP contribution in [-0.2, 0) is 4.74 Å². The third kappa shape index (κ3) is 2.87. The van der Waals surface area contributed by atoms with Gasteiger partial charge in [0.25, 0.3) is 0 Å². The van der Waals surface area contributed by atoms with Crippen LogP contribution in [0.2, 0.25) is 0 Å². The molecular formula is C10H19NO3. The topological polar surface area (TPSA) is 49.8 Å². The third-order valence-corrected chi connectivity index (χ3v) is 2.15. The summed E-state index contributed by atoms with van der Waals surface area (Å²) in [5.41, 5.74) is -0.201. The Morgan fingerprint density at radius 3 is 2.43 bits per heavy atom. The second-order valence-electron chi connectivity index (χ2n) is 4.61. The molecule has 1 aliphatic rings. The largest absolute Gasteiger partial charge is 0.447 e. The average molecular weight is 201 g/mol. The van der Waals surface area contributed by atoms with Crippen molar-refractivity contribution in [3.63, 3.8) is 0 Å². The normalized spacial score (nSPS) is 16.6. The van der Waals surface area contributed by atoms with Crippen LogP contribution in [0.15, 0.2) is 0 Å². The number of rotatable bonds is 3. The molecule has 0 atom stereocenters. The molecule has 1 N–H and O–H groups in total. The van der Waals surface area contributed by atoms with Crippen LogP contribution in [-0.4, -0.2) is 40.9 Å². The Morgan fingerprint density at radius 1 is 1.50 bits per heavy atom. The fourth-order valence-electron chi connectivity index (χ4n) is 1.51. The van der Waals surface area contributed by atoms with Crippen LogP contribution >= 0.6 is 0 Å². The molecule has 1 aliphatic carbocycles. The van der Waals surface area contributed by atoms with Crippen molar-refractivity contribution in [2.75, 3.05) is 13.2 Å². The van der Waals surface area contributed by atoms with Gasteiger partial charge in [-0.1, -0.05) is 0 Å². The van der Waals surface area contributed by atoms with Gasteiger partial charge in [-0.05, 0) is 33.6 Å². The van der Waals surface area contributed by atoms with Gasteiger partial charge in [0.15, 0.2) is 0 Å². The van der Waals surface area contributed by atoms with Crippen LogP contribution in [0.25, 0.3) is 0 Å². The summed E-state index contributed by atoms with van der Waals surface area (Å²) in [5.74, 6) is 0. The molecule has 0 aliphatic heterocycles. The second kappa shape index (κ2) is 4.17. The lowest BCUT2D eigenvalue weighted by atomic mass is 10.1. The Bertz CT molecular complexity index is 206. The zero-order valence-corrected chi connectivity index (χ0v) is 9.12. The maximum atomic E-state index is 11.6. The van der Waals surface area contributed by atoms with Crippen molar-refractivity contribution in [3.05, 3.63) is 0 Å². The molecule has 1 rings (SSSR count). The first-order chi connectivity index (χ1) is 6.46. The van der Waals surface area contributed by atoms with E-state index in [4.69, 9.17) is 9.84 Å². The molecule has 0 aromatic heterocycles. The molecule has 4 heteroatoms. The summed E-state index contributed by atoms with van der Waals surface area (Å²) in [6.45, 7) is 5.94. The zero-order chi connectivity index (χ0) is 10.8. The summed E-state index contributed by atoms with van der Waals surface area (Å²) in [6, 6.07) is 0.334. The van der Waals surface area contributed by atoms with Crippen molar-refractivity contribution < 1.29 is 14.6 Å². The number of carbonyl (C=O) groups excluding carboxylic acids is 1. The average Bonchev–Trinajstić information content (AvgIpc) is 2.82. The molecule has 1 amide bonds. The number of aliphatic hydroxyl groups is 1. The van der Waals surface area contributed by atoms with Crippen molar-refractivity contribution in [1.29, 1.82) is 0 Å². The van der Waals surface area contributed by atoms with Crippen molar-refractivity contribution >= 4 is 6.09 Å². The van der Waals surface area contributed by atoms with E-state index in [9.17, 15) is 4.79 Å². The van der Waals surface area contributed by atoms with Crippen LogP contribution in [0.1, 0.15) is 33.6 Å². The zero-order valence-electron chi connectivity index (χ0n) is 9.12. The van der Waals surface area contributed by atoms with Crippen LogP contribution in [0.3, 0.4) is 0 Å². The highest BCUT2D eigenvalue weighted by molar-refractivity contribution is 5.69. The molecule has 0 aromatic carbocycles. The van der Waals surface area contributed by atoms with Crippen molar-refractivity contribution in [2.45, 2.75) is 45.2 Å². The van der Waals surface area contributed by atoms with Crippen LogP contribution in [0, 0.1) is 0 Å². The molecular weight excluding hydrogens is 182 g/mol. The minimum atomic E-state index is -0.311. The highest BCUT2D eigenvalue weighted by Gasteiger charge is 2.40. The van der Waals surface area contributed by atoms with Gasteiger partial charge in [-0.3, -0.25) is 0 Å². The SMILES string of the molecule is CC(C)(C)N(C(=O)OCCO)C1CC1. The van der Waals surface area contributed by atoms with E-state index < -0.39 is 0 Å². The molecule has 0 bridgehead atoms. The molecule has 14 heavy (non-hydrogen) atoms. The van der Waals surface area contributed by atoms with E-state index in [-0.39, 0.29) is 24.8 Å². The van der Waals surface area contributed by atoms with Gasteiger partial charge in [-0.25, -0.2) is 4.79 Å². The van der Waals surface area contributed by atoms with E-state index in [0.717, 1.165) is 12.8 Å². The predicted molar refractivity (Wildman–Crippen MR) is 53.0 cm³/mol. The fraction of sp³-hybridized carbons (Fsp3) is 0.900. The Kier molecular flexibility index (Phi) is 3.37. The summed E-state index contributed by atoms with van der Waals surface area (Å²) in [7, 11) is 0. The molecule has 82 valence electrons. The minimum absolute atomic E-state index is 0.0815. The molecule has 0 aromatic rings. The van der Waals surface area contributed by atoms with Gasteiger partial charge in [-0.15, -0.1) is 0 Å². The number of hydrogen-bond donors (Lipinski definition) is 1. The van der Waals surface area contributed by atoms with Gasteiger partial charge < -0.3 is 14.7 Å². The lowest BCUT2D eigenvalue weighted by molar-refractivity contribution is 0.0522. The number of hydrogen-bond acceptors (Lipinski definition) is 3. The Morgan fingerprint density at radius 2 is 2.07 bits per heavy atom. The number of nitrogens with zero attached hydrogens (tertiary/aromatic N) is 1. The highest BCUT2D eigenvalue weighted by atomic mass is 16.6. The maximum absolute atomic E-state index is 11.6. The van der Waals surface area contributed by atoms with Crippen molar-refractivity contribution in [2.24, 2.45) is 0 Å². The number of aliphatic hydroxyl groups excluding tert-OH is 1. The molecule has 1 saturated carbocycles. The lowest BCUT2D eigenvalue weighted by Gasteiger charge is -2.34. The van der Waals surface area contributed by atoms with E-state index in [1.165, 1.54) is 0 Å². The molecule has 0 spiro atoms. The van der Waals surface area contributed by atoms with E-state index >= 15 is 0 Å². The minimum Gasteiger partial charge on any atom is -0.447 e. The van der Waals surface area contributed by atoms with Crippen LogP contribution in [0.5, 0.6) is 0 Å². The van der Waals surface area contributed by atoms with Gasteiger partial charge in [0, 0.05) is 11.6 Å². The fourth-order valence-corrected chi connectivity index (χ4v) is 1.51. The first-order valence-electron chi connectivity index (χ1n) is 5.04. The monoisotopic (exact) mass is 201 g/mol. The van der Waals surface area contributed by atoms with Gasteiger partial charge in [0.05, 0.1) is 6.61 Å². The number of amides is 1. The summed E-state index contributed by atoms with van der Waals surface area (Å²) >= 11 is 0. The number of carbonyl (C=O) groups is 1. The first-order valence-corrected chi connectivity index (χ1v) is 5.04. The predicted octanol–water partition coefficient (Wildman–Crippen LogP) is 1.38. The summed E-state index contributed by atoms with van der Waals surface area (Å²) in [6.07, 6.45) is 1.81. The van der Waals surface area contributed by atoms with E-state index in [2.05, 4.69) is 0 Å². The Hall–Kier alpha value is -0.770. The van der Waals surface area contributed by atoms with Gasteiger partial charge in [0.1, 0.15) is 6.61 Å². The molecule has 0 saturated heterocycles. The van der Waals surface area contributed by atoms with Gasteiger partial charge in [0.2, 0.25) is 0 Å². The standard InChI is InChI=1S/C10H19NO3/c1-10(2,3)11(8-4-5-8)9(13)14-7-6-12/h8,12H,4-7H2,1-3H3. The van der Waals surface area contributed by atoms with E-state index in [1.54, 1.807) is 4.90 Å². The van der Waals surface area contributed by atoms with Crippen LogP contribution in [0.4, 0.5) is 4.79 Å². The Labute approximate surface area is 84.8 Å². The maximum Gasteiger partial charge on any atom is 0.410 e. The van der Waals surface area contributed by atoms with Crippen molar-refractivity contribution in [3.8, 4) is 0 Å². The number of ether oxygens (including phenoxy) is 1. The van der Waals surface area contributed by atoms with Crippen molar-refractivity contribution in [1.82, 2.24) is 4.90 Å². The van der Waals surface area contributed by atoms with E-state index in [1.807, 2.05) is 20.8 Å². The summed E-state index contributed by atoms with van der Waals surface area (Å²) in [5, 5.41) is 8.56. The molecule has 1 fully saturated rings. The quantitative estimate of drug-likeness (QED) is 0.750. The summed E-state index contributed by atoms with van der Waals surface area (Å²) < 4.78 is 4.92.